The van der Waals surface area contributed by atoms with Crippen molar-refractivity contribution in [1.29, 1.82) is 0 Å². The van der Waals surface area contributed by atoms with Gasteiger partial charge in [-0.3, -0.25) is 0 Å². The van der Waals surface area contributed by atoms with Gasteiger partial charge in [-0.25, -0.2) is 9.13 Å². The molecule has 1 aliphatic heterocycles. The maximum atomic E-state index is 2.37. The number of allylic oxidation sites excluding steroid dienone is 4. The Morgan fingerprint density at radius 3 is 1.50 bits per heavy atom. The van der Waals surface area contributed by atoms with Crippen molar-refractivity contribution in [1.82, 2.24) is 0 Å². The van der Waals surface area contributed by atoms with E-state index in [4.69, 9.17) is 0 Å². The van der Waals surface area contributed by atoms with Crippen LogP contribution < -0.4 is 9.13 Å². The Bertz CT molecular complexity index is 695. The average Bonchev–Trinajstić information content (AvgIpc) is 2.72. The summed E-state index contributed by atoms with van der Waals surface area (Å²) in [7, 11) is 0. The minimum absolute atomic E-state index is 1.13. The quantitative estimate of drug-likeness (QED) is 0.436. The molecule has 0 unspecified atom stereocenters. The second kappa shape index (κ2) is 12.3. The molecule has 0 fully saturated rings. The van der Waals surface area contributed by atoms with Gasteiger partial charge in [0, 0.05) is 36.1 Å². The first-order valence-electron chi connectivity index (χ1n) is 11.2. The highest BCUT2D eigenvalue weighted by Gasteiger charge is 2.04. The summed E-state index contributed by atoms with van der Waals surface area (Å²) in [6, 6.07) is 8.92. The molecule has 0 saturated heterocycles. The molecule has 0 N–H and O–H groups in total. The van der Waals surface area contributed by atoms with E-state index in [1.54, 1.807) is 0 Å². The van der Waals surface area contributed by atoms with E-state index in [2.05, 4.69) is 82.5 Å². The van der Waals surface area contributed by atoms with E-state index in [-0.39, 0.29) is 0 Å². The van der Waals surface area contributed by atoms with Gasteiger partial charge in [-0.05, 0) is 63.5 Å². The van der Waals surface area contributed by atoms with Crippen molar-refractivity contribution >= 4 is 0 Å². The van der Waals surface area contributed by atoms with E-state index in [9.17, 15) is 0 Å². The molecule has 4 bridgehead atoms. The van der Waals surface area contributed by atoms with E-state index in [1.165, 1.54) is 49.7 Å². The Balaban J connectivity index is 1.56. The molecule has 0 radical (unpaired) electrons. The number of hydrogen-bond donors (Lipinski definition) is 0. The summed E-state index contributed by atoms with van der Waals surface area (Å²) in [5.74, 6) is 0. The summed E-state index contributed by atoms with van der Waals surface area (Å²) < 4.78 is 4.72. The SMILES string of the molecule is C1=C\CCc2ccc[n+](c2)CCCC/C=C\CCc2ccc[n+](c2)CCCC/1. The zero-order valence-corrected chi connectivity index (χ0v) is 17.3. The molecule has 1 aliphatic rings. The second-order valence-electron chi connectivity index (χ2n) is 7.91. The fraction of sp³-hybridized carbons (Fsp3) is 0.462. The fourth-order valence-electron chi connectivity index (χ4n) is 3.81. The molecule has 2 aromatic heterocycles. The highest BCUT2D eigenvalue weighted by molar-refractivity contribution is 5.07. The fourth-order valence-corrected chi connectivity index (χ4v) is 3.81. The minimum atomic E-state index is 1.13. The van der Waals surface area contributed by atoms with Gasteiger partial charge in [0.1, 0.15) is 13.1 Å². The normalized spacial score (nSPS) is 19.7. The van der Waals surface area contributed by atoms with Gasteiger partial charge in [-0.1, -0.05) is 24.3 Å². The van der Waals surface area contributed by atoms with Crippen LogP contribution >= 0.6 is 0 Å². The van der Waals surface area contributed by atoms with Crippen LogP contribution in [-0.2, 0) is 25.9 Å². The second-order valence-corrected chi connectivity index (χ2v) is 7.91. The summed E-state index contributed by atoms with van der Waals surface area (Å²) in [6.45, 7) is 2.25. The number of pyridine rings is 2. The molecule has 148 valence electrons. The van der Waals surface area contributed by atoms with Crippen LogP contribution in [0.1, 0.15) is 62.5 Å². The van der Waals surface area contributed by atoms with Crippen LogP contribution in [0.15, 0.2) is 73.4 Å². The van der Waals surface area contributed by atoms with Gasteiger partial charge < -0.3 is 0 Å². The van der Waals surface area contributed by atoms with Gasteiger partial charge in [-0.2, -0.15) is 0 Å². The molecule has 0 aromatic carbocycles. The van der Waals surface area contributed by atoms with Crippen molar-refractivity contribution in [3.63, 3.8) is 0 Å². The number of aryl methyl sites for hydroxylation is 4. The van der Waals surface area contributed by atoms with Gasteiger partial charge in [0.2, 0.25) is 0 Å². The monoisotopic (exact) mass is 376 g/mol. The maximum absolute atomic E-state index is 2.37. The third kappa shape index (κ3) is 7.80. The Kier molecular flexibility index (Phi) is 9.00. The predicted octanol–water partition coefficient (Wildman–Crippen LogP) is 5.29. The largest absolute Gasteiger partial charge is 0.205 e. The van der Waals surface area contributed by atoms with Crippen molar-refractivity contribution in [3.8, 4) is 0 Å². The minimum Gasteiger partial charge on any atom is -0.205 e. The molecule has 0 atom stereocenters. The van der Waals surface area contributed by atoms with Crippen LogP contribution in [0.25, 0.3) is 0 Å². The zero-order chi connectivity index (χ0) is 19.3. The molecule has 3 heterocycles. The lowest BCUT2D eigenvalue weighted by Gasteiger charge is -2.01. The number of nitrogens with zero attached hydrogens (tertiary/aromatic N) is 2. The molecule has 0 amide bonds. The highest BCUT2D eigenvalue weighted by Crippen LogP contribution is 2.06. The van der Waals surface area contributed by atoms with Gasteiger partial charge in [0.05, 0.1) is 0 Å². The van der Waals surface area contributed by atoms with Crippen LogP contribution in [-0.4, -0.2) is 0 Å². The first-order valence-corrected chi connectivity index (χ1v) is 11.2. The maximum Gasteiger partial charge on any atom is 0.171 e. The summed E-state index contributed by atoms with van der Waals surface area (Å²) in [4.78, 5) is 0. The smallest absolute Gasteiger partial charge is 0.171 e. The Morgan fingerprint density at radius 2 is 1.00 bits per heavy atom. The molecule has 28 heavy (non-hydrogen) atoms. The third-order valence-electron chi connectivity index (χ3n) is 5.45. The van der Waals surface area contributed by atoms with Crippen LogP contribution in [0.2, 0.25) is 0 Å². The molecular weight excluding hydrogens is 340 g/mol. The summed E-state index contributed by atoms with van der Waals surface area (Å²) in [5, 5.41) is 0. The van der Waals surface area contributed by atoms with Crippen LogP contribution in [0.5, 0.6) is 0 Å². The summed E-state index contributed by atoms with van der Waals surface area (Å²) >= 11 is 0. The van der Waals surface area contributed by atoms with E-state index >= 15 is 0 Å². The first-order chi connectivity index (χ1) is 13.9. The van der Waals surface area contributed by atoms with Crippen molar-refractivity contribution < 1.29 is 9.13 Å². The van der Waals surface area contributed by atoms with Crippen molar-refractivity contribution in [2.75, 3.05) is 0 Å². The summed E-state index contributed by atoms with van der Waals surface area (Å²) in [6.07, 6.45) is 30.5. The third-order valence-corrected chi connectivity index (χ3v) is 5.45. The van der Waals surface area contributed by atoms with Crippen LogP contribution in [0.4, 0.5) is 0 Å². The molecule has 3 rings (SSSR count). The number of rotatable bonds is 0. The molecule has 0 saturated carbocycles. The standard InChI is InChI=1S/C26H36N2/c1-3-7-11-19-27-21-14-18-26(24-27)16-10-6-2-4-8-12-20-28-22-13-17-25(23-28)15-9-5-1/h1-2,5-6,13-14,17-18,21-24H,3-4,7-12,15-16,19-20H2/q+2/b5-1-,6-2-. The average molecular weight is 377 g/mol. The topological polar surface area (TPSA) is 7.76 Å². The van der Waals surface area contributed by atoms with E-state index < -0.39 is 0 Å². The van der Waals surface area contributed by atoms with Gasteiger partial charge >= 0.3 is 0 Å². The number of hydrogen-bond acceptors (Lipinski definition) is 0. The molecule has 2 heteroatoms. The lowest BCUT2D eigenvalue weighted by molar-refractivity contribution is -0.697. The highest BCUT2D eigenvalue weighted by atomic mass is 14.9. The van der Waals surface area contributed by atoms with E-state index in [0.717, 1.165) is 38.8 Å². The molecule has 2 aromatic rings. The Labute approximate surface area is 171 Å². The summed E-state index contributed by atoms with van der Waals surface area (Å²) in [5.41, 5.74) is 2.90. The van der Waals surface area contributed by atoms with Crippen molar-refractivity contribution in [2.45, 2.75) is 77.3 Å². The van der Waals surface area contributed by atoms with E-state index in [1.807, 2.05) is 0 Å². The van der Waals surface area contributed by atoms with E-state index in [0.29, 0.717) is 0 Å². The zero-order valence-electron chi connectivity index (χ0n) is 17.3. The first kappa shape index (κ1) is 20.5. The molecule has 2 nitrogen and oxygen atoms in total. The van der Waals surface area contributed by atoms with Crippen LogP contribution in [0, 0.1) is 0 Å². The molecular formula is C26H36N2+2. The van der Waals surface area contributed by atoms with Gasteiger partial charge in [-0.15, -0.1) is 0 Å². The number of aromatic nitrogens is 2. The van der Waals surface area contributed by atoms with Gasteiger partial charge in [0.15, 0.2) is 24.8 Å². The van der Waals surface area contributed by atoms with Crippen molar-refractivity contribution in [2.24, 2.45) is 0 Å². The number of fused-ring (bicyclic) bond motifs is 4. The molecule has 0 spiro atoms. The lowest BCUT2D eigenvalue weighted by atomic mass is 10.1. The predicted molar refractivity (Wildman–Crippen MR) is 116 cm³/mol. The van der Waals surface area contributed by atoms with Gasteiger partial charge in [0.25, 0.3) is 0 Å². The molecule has 0 aliphatic carbocycles. The van der Waals surface area contributed by atoms with Crippen molar-refractivity contribution in [3.05, 3.63) is 84.5 Å². The Hall–Kier alpha value is -2.22. The lowest BCUT2D eigenvalue weighted by Crippen LogP contribution is -2.33. The van der Waals surface area contributed by atoms with Crippen LogP contribution in [0.3, 0.4) is 0 Å². The Morgan fingerprint density at radius 1 is 0.536 bits per heavy atom.